The molecule has 2 rings (SSSR count). The van der Waals surface area contributed by atoms with E-state index in [2.05, 4.69) is 4.98 Å². The second-order valence-electron chi connectivity index (χ2n) is 4.18. The lowest BCUT2D eigenvalue weighted by Crippen LogP contribution is -2.29. The van der Waals surface area contributed by atoms with Crippen LogP contribution >= 0.6 is 11.3 Å². The highest BCUT2D eigenvalue weighted by Crippen LogP contribution is 2.26. The van der Waals surface area contributed by atoms with Gasteiger partial charge in [-0.3, -0.25) is 14.6 Å². The minimum atomic E-state index is -0.239. The van der Waals surface area contributed by atoms with Crippen molar-refractivity contribution in [3.05, 3.63) is 16.6 Å². The number of ether oxygens (including phenoxy) is 1. The van der Waals surface area contributed by atoms with Gasteiger partial charge < -0.3 is 9.64 Å². The molecule has 0 spiro atoms. The van der Waals surface area contributed by atoms with Crippen molar-refractivity contribution in [2.24, 2.45) is 11.8 Å². The molecule has 0 aromatic carbocycles. The fourth-order valence-corrected chi connectivity index (χ4v) is 2.65. The number of hydrogen-bond donors (Lipinski definition) is 0. The van der Waals surface area contributed by atoms with Crippen LogP contribution < -0.4 is 0 Å². The van der Waals surface area contributed by atoms with Gasteiger partial charge in [0.15, 0.2) is 0 Å². The van der Waals surface area contributed by atoms with E-state index >= 15 is 0 Å². The Labute approximate surface area is 103 Å². The zero-order valence-corrected chi connectivity index (χ0v) is 10.6. The van der Waals surface area contributed by atoms with E-state index in [9.17, 15) is 9.59 Å². The minimum absolute atomic E-state index is 0.0502. The number of esters is 1. The van der Waals surface area contributed by atoms with Crippen molar-refractivity contribution in [2.45, 2.75) is 6.92 Å². The summed E-state index contributed by atoms with van der Waals surface area (Å²) in [5.41, 5.74) is 1.63. The lowest BCUT2D eigenvalue weighted by atomic mass is 9.99. The Balaban J connectivity index is 2.06. The number of amides is 1. The maximum absolute atomic E-state index is 12.1. The van der Waals surface area contributed by atoms with Crippen molar-refractivity contribution in [2.75, 3.05) is 20.2 Å². The topological polar surface area (TPSA) is 59.5 Å². The molecule has 17 heavy (non-hydrogen) atoms. The van der Waals surface area contributed by atoms with Crippen molar-refractivity contribution < 1.29 is 14.3 Å². The molecule has 1 fully saturated rings. The molecule has 92 valence electrons. The molecule has 2 heterocycles. The van der Waals surface area contributed by atoms with Gasteiger partial charge in [0, 0.05) is 13.1 Å². The fraction of sp³-hybridized carbons (Fsp3) is 0.545. The van der Waals surface area contributed by atoms with Crippen molar-refractivity contribution >= 4 is 23.2 Å². The molecule has 2 unspecified atom stereocenters. The quantitative estimate of drug-likeness (QED) is 0.739. The molecule has 5 nitrogen and oxygen atoms in total. The number of aromatic nitrogens is 1. The summed E-state index contributed by atoms with van der Waals surface area (Å²) >= 11 is 1.32. The number of methoxy groups -OCH3 is 1. The molecule has 1 aliphatic heterocycles. The van der Waals surface area contributed by atoms with Gasteiger partial charge in [-0.25, -0.2) is 0 Å². The highest BCUT2D eigenvalue weighted by molar-refractivity contribution is 7.11. The van der Waals surface area contributed by atoms with Crippen LogP contribution in [0.1, 0.15) is 16.6 Å². The van der Waals surface area contributed by atoms with Crippen LogP contribution in [-0.2, 0) is 9.53 Å². The lowest BCUT2D eigenvalue weighted by molar-refractivity contribution is -0.145. The Bertz CT molecular complexity index is 418. The zero-order chi connectivity index (χ0) is 12.4. The first-order valence-electron chi connectivity index (χ1n) is 5.39. The average molecular weight is 254 g/mol. The Morgan fingerprint density at radius 3 is 2.88 bits per heavy atom. The molecular weight excluding hydrogens is 240 g/mol. The second-order valence-corrected chi connectivity index (χ2v) is 5.07. The molecule has 2 atom stereocenters. The Morgan fingerprint density at radius 1 is 1.53 bits per heavy atom. The van der Waals surface area contributed by atoms with Crippen LogP contribution in [0, 0.1) is 11.8 Å². The summed E-state index contributed by atoms with van der Waals surface area (Å²) in [7, 11) is 1.38. The SMILES string of the molecule is COC(=O)C1CN(C(=O)c2cncs2)CC1C. The molecule has 1 aromatic rings. The minimum Gasteiger partial charge on any atom is -0.469 e. The van der Waals surface area contributed by atoms with Gasteiger partial charge in [-0.1, -0.05) is 6.92 Å². The molecular formula is C11H14N2O3S. The number of hydrogen-bond acceptors (Lipinski definition) is 5. The van der Waals surface area contributed by atoms with Gasteiger partial charge in [0.2, 0.25) is 0 Å². The van der Waals surface area contributed by atoms with Gasteiger partial charge in [-0.05, 0) is 5.92 Å². The van der Waals surface area contributed by atoms with Crippen LogP contribution in [0.2, 0.25) is 0 Å². The van der Waals surface area contributed by atoms with Gasteiger partial charge in [-0.2, -0.15) is 0 Å². The summed E-state index contributed by atoms with van der Waals surface area (Å²) in [5.74, 6) is -0.362. The highest BCUT2D eigenvalue weighted by atomic mass is 32.1. The first-order chi connectivity index (χ1) is 8.13. The Hall–Kier alpha value is -1.43. The second kappa shape index (κ2) is 4.83. The number of carbonyl (C=O) groups excluding carboxylic acids is 2. The van der Waals surface area contributed by atoms with E-state index in [0.29, 0.717) is 18.0 Å². The summed E-state index contributed by atoms with van der Waals surface area (Å²) in [6.45, 7) is 2.99. The summed E-state index contributed by atoms with van der Waals surface area (Å²) in [6.07, 6.45) is 1.56. The molecule has 0 saturated carbocycles. The maximum atomic E-state index is 12.1. The van der Waals surface area contributed by atoms with Gasteiger partial charge >= 0.3 is 5.97 Å². The maximum Gasteiger partial charge on any atom is 0.310 e. The number of thiazole rings is 1. The third-order valence-corrected chi connectivity index (χ3v) is 3.81. The monoisotopic (exact) mass is 254 g/mol. The van der Waals surface area contributed by atoms with E-state index in [-0.39, 0.29) is 23.7 Å². The number of carbonyl (C=O) groups is 2. The third kappa shape index (κ3) is 2.31. The molecule has 0 bridgehead atoms. The molecule has 1 amide bonds. The van der Waals surface area contributed by atoms with E-state index in [4.69, 9.17) is 4.74 Å². The first-order valence-corrected chi connectivity index (χ1v) is 6.27. The Kier molecular flexibility index (Phi) is 3.42. The molecule has 1 saturated heterocycles. The van der Waals surface area contributed by atoms with Crippen molar-refractivity contribution in [1.29, 1.82) is 0 Å². The molecule has 1 aromatic heterocycles. The van der Waals surface area contributed by atoms with Crippen LogP contribution in [0.4, 0.5) is 0 Å². The summed E-state index contributed by atoms with van der Waals surface area (Å²) in [6, 6.07) is 0. The average Bonchev–Trinajstić information content (AvgIpc) is 2.96. The third-order valence-electron chi connectivity index (χ3n) is 3.05. The van der Waals surface area contributed by atoms with Gasteiger partial charge in [0.25, 0.3) is 5.91 Å². The molecule has 0 aliphatic carbocycles. The predicted octanol–water partition coefficient (Wildman–Crippen LogP) is 1.02. The fourth-order valence-electron chi connectivity index (χ4n) is 2.07. The van der Waals surface area contributed by atoms with E-state index in [1.807, 2.05) is 6.92 Å². The summed E-state index contributed by atoms with van der Waals surface area (Å²) in [4.78, 5) is 29.8. The first kappa shape index (κ1) is 12.0. The largest absolute Gasteiger partial charge is 0.469 e. The smallest absolute Gasteiger partial charge is 0.310 e. The van der Waals surface area contributed by atoms with Crippen LogP contribution in [-0.4, -0.2) is 42.0 Å². The van der Waals surface area contributed by atoms with E-state index in [0.717, 1.165) is 0 Å². The van der Waals surface area contributed by atoms with E-state index in [1.165, 1.54) is 18.4 Å². The molecule has 0 N–H and O–H groups in total. The van der Waals surface area contributed by atoms with Gasteiger partial charge in [0.1, 0.15) is 4.88 Å². The number of likely N-dealkylation sites (tertiary alicyclic amines) is 1. The van der Waals surface area contributed by atoms with Gasteiger partial charge in [0.05, 0.1) is 24.7 Å². The van der Waals surface area contributed by atoms with Crippen LogP contribution in [0.5, 0.6) is 0 Å². The van der Waals surface area contributed by atoms with Crippen molar-refractivity contribution in [1.82, 2.24) is 9.88 Å². The van der Waals surface area contributed by atoms with E-state index in [1.54, 1.807) is 16.6 Å². The molecule has 1 aliphatic rings. The highest BCUT2D eigenvalue weighted by Gasteiger charge is 2.38. The van der Waals surface area contributed by atoms with Crippen LogP contribution in [0.15, 0.2) is 11.7 Å². The summed E-state index contributed by atoms with van der Waals surface area (Å²) in [5, 5.41) is 0. The molecule has 6 heteroatoms. The standard InChI is InChI=1S/C11H14N2O3S/c1-7-4-13(5-8(7)11(15)16-2)10(14)9-3-12-6-17-9/h3,6-8H,4-5H2,1-2H3. The van der Waals surface area contributed by atoms with E-state index < -0.39 is 0 Å². The zero-order valence-electron chi connectivity index (χ0n) is 9.75. The normalized spacial score (nSPS) is 23.8. The molecule has 0 radical (unpaired) electrons. The van der Waals surface area contributed by atoms with Crippen molar-refractivity contribution in [3.8, 4) is 0 Å². The number of rotatable bonds is 2. The summed E-state index contributed by atoms with van der Waals surface area (Å²) < 4.78 is 4.74. The Morgan fingerprint density at radius 2 is 2.29 bits per heavy atom. The lowest BCUT2D eigenvalue weighted by Gasteiger charge is -2.14. The van der Waals surface area contributed by atoms with Crippen LogP contribution in [0.3, 0.4) is 0 Å². The van der Waals surface area contributed by atoms with Gasteiger partial charge in [-0.15, -0.1) is 11.3 Å². The van der Waals surface area contributed by atoms with Crippen LogP contribution in [0.25, 0.3) is 0 Å². The van der Waals surface area contributed by atoms with Crippen molar-refractivity contribution in [3.63, 3.8) is 0 Å². The number of nitrogens with zero attached hydrogens (tertiary/aromatic N) is 2. The predicted molar refractivity (Wildman–Crippen MR) is 62.7 cm³/mol.